The predicted molar refractivity (Wildman–Crippen MR) is 120 cm³/mol. The maximum absolute atomic E-state index is 12.2. The smallest absolute Gasteiger partial charge is 0.234 e. The molecule has 1 aromatic heterocycles. The van der Waals surface area contributed by atoms with Crippen molar-refractivity contribution in [2.45, 2.75) is 25.9 Å². The first-order chi connectivity index (χ1) is 14.6. The average molecular weight is 425 g/mol. The molecule has 1 aliphatic rings. The third-order valence-corrected chi connectivity index (χ3v) is 5.72. The van der Waals surface area contributed by atoms with Crippen molar-refractivity contribution < 1.29 is 14.3 Å². The standard InChI is InChI=1S/C22H24N4O3S/c1-14-4-2-5-15(10-14)23-20(27)12-30-13-21(28)24-16-7-8-17-18(11-16)26-22(25-17)19-6-3-9-29-19/h2,4-5,7-8,10-11,19H,3,6,9,12-13H2,1H3,(H,23,27)(H,24,28)(H,25,26). The van der Waals surface area contributed by atoms with Crippen LogP contribution in [0, 0.1) is 6.92 Å². The van der Waals surface area contributed by atoms with Gasteiger partial charge in [-0.15, -0.1) is 11.8 Å². The van der Waals surface area contributed by atoms with E-state index in [0.717, 1.165) is 47.6 Å². The third-order valence-electron chi connectivity index (χ3n) is 4.79. The molecule has 2 aromatic carbocycles. The maximum Gasteiger partial charge on any atom is 0.234 e. The van der Waals surface area contributed by atoms with Gasteiger partial charge in [-0.2, -0.15) is 0 Å². The Morgan fingerprint density at radius 1 is 1.13 bits per heavy atom. The van der Waals surface area contributed by atoms with Crippen molar-refractivity contribution in [1.82, 2.24) is 9.97 Å². The molecule has 7 nitrogen and oxygen atoms in total. The molecule has 1 unspecified atom stereocenters. The summed E-state index contributed by atoms with van der Waals surface area (Å²) in [6.45, 7) is 2.74. The second kappa shape index (κ2) is 9.32. The van der Waals surface area contributed by atoms with Gasteiger partial charge in [0.15, 0.2) is 0 Å². The molecule has 0 bridgehead atoms. The molecule has 4 rings (SSSR count). The van der Waals surface area contributed by atoms with Crippen LogP contribution in [-0.2, 0) is 14.3 Å². The first-order valence-electron chi connectivity index (χ1n) is 9.92. The number of fused-ring (bicyclic) bond motifs is 1. The van der Waals surface area contributed by atoms with E-state index in [2.05, 4.69) is 20.6 Å². The molecule has 1 saturated heterocycles. The summed E-state index contributed by atoms with van der Waals surface area (Å²) in [5.41, 5.74) is 4.25. The van der Waals surface area contributed by atoms with Crippen LogP contribution in [0.1, 0.15) is 30.3 Å². The Hall–Kier alpha value is -2.84. The highest BCUT2D eigenvalue weighted by Gasteiger charge is 2.21. The van der Waals surface area contributed by atoms with E-state index in [9.17, 15) is 9.59 Å². The monoisotopic (exact) mass is 424 g/mol. The molecule has 3 N–H and O–H groups in total. The van der Waals surface area contributed by atoms with E-state index in [4.69, 9.17) is 4.74 Å². The van der Waals surface area contributed by atoms with E-state index in [1.807, 2.05) is 49.4 Å². The molecule has 2 heterocycles. The number of hydrogen-bond donors (Lipinski definition) is 3. The fourth-order valence-electron chi connectivity index (χ4n) is 3.41. The van der Waals surface area contributed by atoms with Gasteiger partial charge < -0.3 is 20.4 Å². The lowest BCUT2D eigenvalue weighted by atomic mass is 10.2. The molecule has 30 heavy (non-hydrogen) atoms. The largest absolute Gasteiger partial charge is 0.370 e. The normalized spacial score (nSPS) is 16.0. The summed E-state index contributed by atoms with van der Waals surface area (Å²) >= 11 is 1.28. The van der Waals surface area contributed by atoms with Gasteiger partial charge in [-0.25, -0.2) is 4.98 Å². The van der Waals surface area contributed by atoms with Crippen molar-refractivity contribution in [3.63, 3.8) is 0 Å². The number of aromatic nitrogens is 2. The number of thioether (sulfide) groups is 1. The zero-order valence-electron chi connectivity index (χ0n) is 16.7. The Morgan fingerprint density at radius 3 is 2.60 bits per heavy atom. The molecule has 1 fully saturated rings. The van der Waals surface area contributed by atoms with E-state index in [1.165, 1.54) is 11.8 Å². The number of nitrogens with one attached hydrogen (secondary N) is 3. The maximum atomic E-state index is 12.2. The minimum absolute atomic E-state index is 0.0257. The Bertz CT molecular complexity index is 1060. The van der Waals surface area contributed by atoms with E-state index in [1.54, 1.807) is 0 Å². The van der Waals surface area contributed by atoms with Gasteiger partial charge in [-0.1, -0.05) is 12.1 Å². The summed E-state index contributed by atoms with van der Waals surface area (Å²) in [7, 11) is 0. The van der Waals surface area contributed by atoms with E-state index in [0.29, 0.717) is 5.69 Å². The highest BCUT2D eigenvalue weighted by atomic mass is 32.2. The molecule has 2 amide bonds. The number of carbonyl (C=O) groups excluding carboxylic acids is 2. The molecular formula is C22H24N4O3S. The highest BCUT2D eigenvalue weighted by Crippen LogP contribution is 2.28. The van der Waals surface area contributed by atoms with Crippen molar-refractivity contribution >= 4 is 46.0 Å². The van der Waals surface area contributed by atoms with Crippen molar-refractivity contribution in [1.29, 1.82) is 0 Å². The minimum atomic E-state index is -0.151. The molecule has 1 aliphatic heterocycles. The van der Waals surface area contributed by atoms with Gasteiger partial charge in [0.25, 0.3) is 0 Å². The van der Waals surface area contributed by atoms with E-state index >= 15 is 0 Å². The van der Waals surface area contributed by atoms with Crippen LogP contribution in [0.4, 0.5) is 11.4 Å². The van der Waals surface area contributed by atoms with Crippen LogP contribution in [0.15, 0.2) is 42.5 Å². The van der Waals surface area contributed by atoms with Crippen molar-refractivity contribution in [3.8, 4) is 0 Å². The molecule has 3 aromatic rings. The number of aromatic amines is 1. The first kappa shape index (κ1) is 20.4. The lowest BCUT2D eigenvalue weighted by Gasteiger charge is -2.07. The molecule has 0 aliphatic carbocycles. The van der Waals surface area contributed by atoms with Crippen LogP contribution in [0.3, 0.4) is 0 Å². The van der Waals surface area contributed by atoms with E-state index in [-0.39, 0.29) is 29.4 Å². The summed E-state index contributed by atoms with van der Waals surface area (Å²) in [5.74, 6) is 0.969. The van der Waals surface area contributed by atoms with Crippen LogP contribution >= 0.6 is 11.8 Å². The number of aryl methyl sites for hydroxylation is 1. The van der Waals surface area contributed by atoms with Crippen LogP contribution in [-0.4, -0.2) is 39.9 Å². The number of amides is 2. The fraction of sp³-hybridized carbons (Fsp3) is 0.318. The molecule has 0 spiro atoms. The van der Waals surface area contributed by atoms with Gasteiger partial charge in [-0.05, 0) is 55.7 Å². The lowest BCUT2D eigenvalue weighted by molar-refractivity contribution is -0.114. The van der Waals surface area contributed by atoms with Crippen LogP contribution in [0.25, 0.3) is 11.0 Å². The van der Waals surface area contributed by atoms with Crippen molar-refractivity contribution in [3.05, 3.63) is 53.9 Å². The number of nitrogens with zero attached hydrogens (tertiary/aromatic N) is 1. The number of rotatable bonds is 7. The Labute approximate surface area is 179 Å². The lowest BCUT2D eigenvalue weighted by Crippen LogP contribution is -2.18. The number of H-pyrrole nitrogens is 1. The van der Waals surface area contributed by atoms with Crippen molar-refractivity contribution in [2.75, 3.05) is 28.7 Å². The molecule has 0 saturated carbocycles. The summed E-state index contributed by atoms with van der Waals surface area (Å²) in [5, 5.41) is 5.71. The number of ether oxygens (including phenoxy) is 1. The summed E-state index contributed by atoms with van der Waals surface area (Å²) in [4.78, 5) is 32.1. The first-order valence-corrected chi connectivity index (χ1v) is 11.1. The Balaban J connectivity index is 1.26. The summed E-state index contributed by atoms with van der Waals surface area (Å²) in [6, 6.07) is 13.2. The Morgan fingerprint density at radius 2 is 1.90 bits per heavy atom. The van der Waals surface area contributed by atoms with Crippen LogP contribution < -0.4 is 10.6 Å². The number of hydrogen-bond acceptors (Lipinski definition) is 5. The number of anilines is 2. The van der Waals surface area contributed by atoms with Gasteiger partial charge in [0.05, 0.1) is 22.5 Å². The summed E-state index contributed by atoms with van der Waals surface area (Å²) in [6.07, 6.45) is 2.04. The SMILES string of the molecule is Cc1cccc(NC(=O)CSCC(=O)Nc2ccc3nc(C4CCCO4)[nH]c3c2)c1. The highest BCUT2D eigenvalue weighted by molar-refractivity contribution is 8.00. The second-order valence-electron chi connectivity index (χ2n) is 7.31. The predicted octanol–water partition coefficient (Wildman–Crippen LogP) is 4.03. The zero-order valence-corrected chi connectivity index (χ0v) is 17.6. The molecular weight excluding hydrogens is 400 g/mol. The molecule has 156 valence electrons. The second-order valence-corrected chi connectivity index (χ2v) is 8.30. The van der Waals surface area contributed by atoms with Gasteiger partial charge in [-0.3, -0.25) is 9.59 Å². The van der Waals surface area contributed by atoms with Gasteiger partial charge in [0.2, 0.25) is 11.8 Å². The topological polar surface area (TPSA) is 96.1 Å². The minimum Gasteiger partial charge on any atom is -0.370 e. The van der Waals surface area contributed by atoms with Gasteiger partial charge in [0, 0.05) is 18.0 Å². The van der Waals surface area contributed by atoms with Gasteiger partial charge >= 0.3 is 0 Å². The summed E-state index contributed by atoms with van der Waals surface area (Å²) < 4.78 is 5.67. The van der Waals surface area contributed by atoms with Crippen LogP contribution in [0.5, 0.6) is 0 Å². The van der Waals surface area contributed by atoms with Crippen LogP contribution in [0.2, 0.25) is 0 Å². The van der Waals surface area contributed by atoms with Crippen molar-refractivity contribution in [2.24, 2.45) is 0 Å². The molecule has 8 heteroatoms. The van der Waals surface area contributed by atoms with Gasteiger partial charge in [0.1, 0.15) is 11.9 Å². The fourth-order valence-corrected chi connectivity index (χ4v) is 4.02. The molecule has 1 atom stereocenters. The third kappa shape index (κ3) is 5.20. The Kier molecular flexibility index (Phi) is 6.35. The van der Waals surface area contributed by atoms with E-state index < -0.39 is 0 Å². The number of imidazole rings is 1. The average Bonchev–Trinajstić information content (AvgIpc) is 3.37. The molecule has 0 radical (unpaired) electrons. The number of benzene rings is 2. The zero-order chi connectivity index (χ0) is 20.9. The number of carbonyl (C=O) groups is 2. The quantitative estimate of drug-likeness (QED) is 0.532.